The molecule has 0 radical (unpaired) electrons. The van der Waals surface area contributed by atoms with Crippen LogP contribution in [-0.4, -0.2) is 27.4 Å². The molecule has 0 aliphatic rings. The maximum atomic E-state index is 4.27. The van der Waals surface area contributed by atoms with E-state index in [0.717, 1.165) is 20.3 Å². The van der Waals surface area contributed by atoms with E-state index in [1.54, 1.807) is 22.7 Å². The van der Waals surface area contributed by atoms with Gasteiger partial charge in [0.2, 0.25) is 10.3 Å². The molecule has 0 atom stereocenters. The molecule has 0 fully saturated rings. The number of anilines is 2. The fourth-order valence-electron chi connectivity index (χ4n) is 1.39. The Morgan fingerprint density at radius 3 is 1.30 bits per heavy atom. The van der Waals surface area contributed by atoms with Gasteiger partial charge in [0.1, 0.15) is 10.0 Å². The minimum atomic E-state index is 0.0223. The summed E-state index contributed by atoms with van der Waals surface area (Å²) in [5, 5.41) is 20.8. The highest BCUT2D eigenvalue weighted by atomic mass is 32.1. The minimum Gasteiger partial charge on any atom is -0.294 e. The van der Waals surface area contributed by atoms with Crippen LogP contribution in [0.3, 0.4) is 0 Å². The second-order valence-corrected chi connectivity index (χ2v) is 8.75. The topological polar surface area (TPSA) is 54.8 Å². The van der Waals surface area contributed by atoms with E-state index in [-0.39, 0.29) is 10.8 Å². The van der Waals surface area contributed by atoms with Gasteiger partial charge in [-0.25, -0.2) is 0 Å². The van der Waals surface area contributed by atoms with Crippen molar-refractivity contribution in [2.24, 2.45) is 0 Å². The first-order chi connectivity index (χ1) is 9.09. The van der Waals surface area contributed by atoms with Gasteiger partial charge in [0, 0.05) is 17.9 Å². The highest BCUT2D eigenvalue weighted by Gasteiger charge is 2.24. The molecule has 110 valence electrons. The summed E-state index contributed by atoms with van der Waals surface area (Å²) in [7, 11) is 1.96. The van der Waals surface area contributed by atoms with Crippen LogP contribution in [0, 0.1) is 0 Å². The summed E-state index contributed by atoms with van der Waals surface area (Å²) in [4.78, 5) is 1.96. The van der Waals surface area contributed by atoms with Gasteiger partial charge in [-0.1, -0.05) is 64.2 Å². The zero-order valence-corrected chi connectivity index (χ0v) is 14.7. The summed E-state index contributed by atoms with van der Waals surface area (Å²) in [6.45, 7) is 12.8. The van der Waals surface area contributed by atoms with E-state index in [1.807, 2.05) is 11.9 Å². The van der Waals surface area contributed by atoms with E-state index in [9.17, 15) is 0 Å². The smallest absolute Gasteiger partial charge is 0.214 e. The van der Waals surface area contributed by atoms with Crippen molar-refractivity contribution < 1.29 is 0 Å². The highest BCUT2D eigenvalue weighted by Crippen LogP contribution is 2.35. The van der Waals surface area contributed by atoms with E-state index < -0.39 is 0 Å². The largest absolute Gasteiger partial charge is 0.294 e. The van der Waals surface area contributed by atoms with Crippen LogP contribution in [0.1, 0.15) is 51.6 Å². The van der Waals surface area contributed by atoms with E-state index in [4.69, 9.17) is 0 Å². The molecule has 0 aliphatic heterocycles. The summed E-state index contributed by atoms with van der Waals surface area (Å²) in [6.07, 6.45) is 0. The zero-order valence-electron chi connectivity index (χ0n) is 13.1. The van der Waals surface area contributed by atoms with E-state index in [1.165, 1.54) is 0 Å². The summed E-state index contributed by atoms with van der Waals surface area (Å²) in [5.41, 5.74) is 0.0446. The van der Waals surface area contributed by atoms with Crippen LogP contribution in [0.25, 0.3) is 0 Å². The molecule has 0 saturated carbocycles. The minimum absolute atomic E-state index is 0.0223. The van der Waals surface area contributed by atoms with Gasteiger partial charge in [-0.3, -0.25) is 4.90 Å². The lowest BCUT2D eigenvalue weighted by atomic mass is 9.98. The molecule has 20 heavy (non-hydrogen) atoms. The van der Waals surface area contributed by atoms with Crippen molar-refractivity contribution in [2.45, 2.75) is 52.4 Å². The summed E-state index contributed by atoms with van der Waals surface area (Å²) < 4.78 is 0. The first kappa shape index (κ1) is 15.3. The van der Waals surface area contributed by atoms with Crippen molar-refractivity contribution in [1.82, 2.24) is 20.4 Å². The summed E-state index contributed by atoms with van der Waals surface area (Å²) in [6, 6.07) is 0. The Kier molecular flexibility index (Phi) is 3.85. The predicted octanol–water partition coefficient (Wildman–Crippen LogP) is 3.75. The number of hydrogen-bond donors (Lipinski definition) is 0. The zero-order chi connectivity index (χ0) is 15.1. The molecule has 7 heteroatoms. The number of nitrogens with zero attached hydrogens (tertiary/aromatic N) is 5. The van der Waals surface area contributed by atoms with Crippen LogP contribution in [0.5, 0.6) is 0 Å². The Labute approximate surface area is 128 Å². The van der Waals surface area contributed by atoms with Gasteiger partial charge in [-0.05, 0) is 0 Å². The van der Waals surface area contributed by atoms with Gasteiger partial charge in [0.25, 0.3) is 0 Å². The van der Waals surface area contributed by atoms with E-state index in [2.05, 4.69) is 61.9 Å². The molecule has 5 nitrogen and oxygen atoms in total. The Bertz CT molecular complexity index is 536. The number of rotatable bonds is 2. The maximum Gasteiger partial charge on any atom is 0.214 e. The second-order valence-electron chi connectivity index (χ2n) is 6.84. The Hall–Kier alpha value is -1.08. The highest BCUT2D eigenvalue weighted by molar-refractivity contribution is 7.17. The average Bonchev–Trinajstić information content (AvgIpc) is 2.96. The molecule has 2 heterocycles. The predicted molar refractivity (Wildman–Crippen MR) is 85.3 cm³/mol. The van der Waals surface area contributed by atoms with E-state index in [0.29, 0.717) is 0 Å². The van der Waals surface area contributed by atoms with Crippen molar-refractivity contribution in [3.63, 3.8) is 0 Å². The quantitative estimate of drug-likeness (QED) is 0.845. The lowest BCUT2D eigenvalue weighted by Gasteiger charge is -2.14. The third kappa shape index (κ3) is 3.15. The summed E-state index contributed by atoms with van der Waals surface area (Å²) in [5.74, 6) is 0. The molecule has 0 unspecified atom stereocenters. The first-order valence-electron chi connectivity index (χ1n) is 6.51. The van der Waals surface area contributed by atoms with Crippen molar-refractivity contribution in [3.05, 3.63) is 10.0 Å². The van der Waals surface area contributed by atoms with Crippen molar-refractivity contribution >= 4 is 32.9 Å². The van der Waals surface area contributed by atoms with Gasteiger partial charge in [0.05, 0.1) is 0 Å². The third-order valence-electron chi connectivity index (χ3n) is 2.69. The Balaban J connectivity index is 2.25. The van der Waals surface area contributed by atoms with Gasteiger partial charge >= 0.3 is 0 Å². The third-order valence-corrected chi connectivity index (χ3v) is 5.54. The van der Waals surface area contributed by atoms with Crippen molar-refractivity contribution in [2.75, 3.05) is 11.9 Å². The van der Waals surface area contributed by atoms with Crippen LogP contribution >= 0.6 is 22.7 Å². The second kappa shape index (κ2) is 5.04. The fraction of sp³-hybridized carbons (Fsp3) is 0.692. The molecule has 0 bridgehead atoms. The van der Waals surface area contributed by atoms with Crippen LogP contribution in [0.4, 0.5) is 10.3 Å². The van der Waals surface area contributed by atoms with Crippen LogP contribution in [0.15, 0.2) is 0 Å². The lowest BCUT2D eigenvalue weighted by molar-refractivity contribution is 0.578. The normalized spacial score (nSPS) is 12.8. The molecule has 2 aromatic rings. The first-order valence-corrected chi connectivity index (χ1v) is 8.14. The van der Waals surface area contributed by atoms with Crippen molar-refractivity contribution in [3.8, 4) is 0 Å². The molecule has 0 spiro atoms. The molecular weight excluding hydrogens is 290 g/mol. The molecule has 2 rings (SSSR count). The molecule has 0 amide bonds. The number of aromatic nitrogens is 4. The molecule has 0 aliphatic carbocycles. The SMILES string of the molecule is CN(c1nnc(C(C)(C)C)s1)c1nnc(C(C)(C)C)s1. The Morgan fingerprint density at radius 2 is 1.05 bits per heavy atom. The van der Waals surface area contributed by atoms with Gasteiger partial charge in [-0.2, -0.15) is 0 Å². The lowest BCUT2D eigenvalue weighted by Crippen LogP contribution is -2.10. The van der Waals surface area contributed by atoms with Gasteiger partial charge < -0.3 is 0 Å². The summed E-state index contributed by atoms with van der Waals surface area (Å²) >= 11 is 3.20. The molecule has 0 N–H and O–H groups in total. The van der Waals surface area contributed by atoms with Crippen LogP contribution in [0.2, 0.25) is 0 Å². The van der Waals surface area contributed by atoms with Gasteiger partial charge in [0.15, 0.2) is 0 Å². The number of hydrogen-bond acceptors (Lipinski definition) is 7. The fourth-order valence-corrected chi connectivity index (χ4v) is 3.18. The van der Waals surface area contributed by atoms with Gasteiger partial charge in [-0.15, -0.1) is 20.4 Å². The molecular formula is C13H21N5S2. The molecule has 2 aromatic heterocycles. The molecule has 0 saturated heterocycles. The van der Waals surface area contributed by atoms with Crippen LogP contribution in [-0.2, 0) is 10.8 Å². The van der Waals surface area contributed by atoms with E-state index >= 15 is 0 Å². The Morgan fingerprint density at radius 1 is 0.700 bits per heavy atom. The van der Waals surface area contributed by atoms with Crippen LogP contribution < -0.4 is 4.90 Å². The standard InChI is InChI=1S/C13H21N5S2/c1-12(2,3)8-14-16-10(19-8)18(7)11-17-15-9(20-11)13(4,5)6/h1-7H3. The monoisotopic (exact) mass is 311 g/mol. The van der Waals surface area contributed by atoms with Crippen molar-refractivity contribution in [1.29, 1.82) is 0 Å². The maximum absolute atomic E-state index is 4.27. The average molecular weight is 311 g/mol. The molecule has 0 aromatic carbocycles.